The van der Waals surface area contributed by atoms with Crippen molar-refractivity contribution in [1.82, 2.24) is 0 Å². The molecule has 1 aliphatic rings. The lowest BCUT2D eigenvalue weighted by Gasteiger charge is -2.22. The second-order valence-electron chi connectivity index (χ2n) is 6.22. The van der Waals surface area contributed by atoms with Crippen LogP contribution in [0.5, 0.6) is 11.5 Å². The third kappa shape index (κ3) is 4.69. The van der Waals surface area contributed by atoms with Crippen LogP contribution in [0.4, 0.5) is 5.69 Å². The first kappa shape index (κ1) is 18.1. The van der Waals surface area contributed by atoms with E-state index in [-0.39, 0.29) is 11.9 Å². The van der Waals surface area contributed by atoms with Gasteiger partial charge in [-0.25, -0.2) is 4.85 Å². The second kappa shape index (κ2) is 8.61. The zero-order chi connectivity index (χ0) is 18.4. The summed E-state index contributed by atoms with van der Waals surface area (Å²) in [5.41, 5.74) is 1.96. The van der Waals surface area contributed by atoms with Crippen LogP contribution in [0, 0.1) is 6.57 Å². The minimum atomic E-state index is -0.0991. The molecule has 26 heavy (non-hydrogen) atoms. The van der Waals surface area contributed by atoms with Crippen LogP contribution in [-0.4, -0.2) is 25.1 Å². The van der Waals surface area contributed by atoms with Crippen LogP contribution in [0.1, 0.15) is 35.7 Å². The van der Waals surface area contributed by atoms with Gasteiger partial charge >= 0.3 is 0 Å². The van der Waals surface area contributed by atoms with Crippen molar-refractivity contribution in [3.05, 3.63) is 65.0 Å². The van der Waals surface area contributed by atoms with Crippen LogP contribution in [0.15, 0.2) is 42.5 Å². The van der Waals surface area contributed by atoms with Crippen molar-refractivity contribution in [1.29, 1.82) is 0 Å². The highest BCUT2D eigenvalue weighted by Gasteiger charge is 2.14. The fourth-order valence-corrected chi connectivity index (χ4v) is 2.79. The molecule has 0 N–H and O–H groups in total. The minimum absolute atomic E-state index is 0.0991. The summed E-state index contributed by atoms with van der Waals surface area (Å²) in [5, 5.41) is 0. The Morgan fingerprint density at radius 1 is 1.19 bits per heavy atom. The predicted octanol–water partition coefficient (Wildman–Crippen LogP) is 4.93. The van der Waals surface area contributed by atoms with Crippen molar-refractivity contribution in [2.45, 2.75) is 32.5 Å². The number of rotatable bonds is 6. The van der Waals surface area contributed by atoms with Gasteiger partial charge in [0, 0.05) is 13.2 Å². The first-order valence-electron chi connectivity index (χ1n) is 8.64. The molecule has 0 spiro atoms. The maximum absolute atomic E-state index is 11.8. The molecule has 0 unspecified atom stereocenters. The third-order valence-corrected chi connectivity index (χ3v) is 4.28. The van der Waals surface area contributed by atoms with Crippen LogP contribution >= 0.6 is 0 Å². The number of Topliss-reactive ketones (excluding diaryl/α,β-unsaturated/α-hetero) is 1. The van der Waals surface area contributed by atoms with Gasteiger partial charge in [0.05, 0.1) is 24.8 Å². The van der Waals surface area contributed by atoms with E-state index in [0.29, 0.717) is 29.4 Å². The molecule has 0 radical (unpaired) electrons. The summed E-state index contributed by atoms with van der Waals surface area (Å²) in [7, 11) is 0. The Labute approximate surface area is 153 Å². The van der Waals surface area contributed by atoms with Crippen molar-refractivity contribution in [3.63, 3.8) is 0 Å². The quantitative estimate of drug-likeness (QED) is 0.547. The van der Waals surface area contributed by atoms with Gasteiger partial charge in [0.1, 0.15) is 11.5 Å². The molecule has 5 heteroatoms. The van der Waals surface area contributed by atoms with Crippen LogP contribution in [0.2, 0.25) is 0 Å². The van der Waals surface area contributed by atoms with Gasteiger partial charge in [-0.05, 0) is 43.5 Å². The molecular formula is C21H21NO4. The largest absolute Gasteiger partial charge is 0.458 e. The maximum atomic E-state index is 11.8. The maximum Gasteiger partial charge on any atom is 0.190 e. The first-order chi connectivity index (χ1) is 12.7. The van der Waals surface area contributed by atoms with Crippen molar-refractivity contribution >= 4 is 11.5 Å². The van der Waals surface area contributed by atoms with E-state index in [4.69, 9.17) is 20.8 Å². The number of ether oxygens (including phenoxy) is 3. The summed E-state index contributed by atoms with van der Waals surface area (Å²) < 4.78 is 17.1. The van der Waals surface area contributed by atoms with Gasteiger partial charge in [-0.3, -0.25) is 4.79 Å². The lowest BCUT2D eigenvalue weighted by molar-refractivity contribution is -0.0390. The summed E-state index contributed by atoms with van der Waals surface area (Å²) in [6.07, 6.45) is 2.13. The molecule has 1 aliphatic heterocycles. The lowest BCUT2D eigenvalue weighted by Crippen LogP contribution is -2.23. The first-order valence-corrected chi connectivity index (χ1v) is 8.64. The highest BCUT2D eigenvalue weighted by molar-refractivity contribution is 5.97. The number of hydrogen-bond acceptors (Lipinski definition) is 4. The van der Waals surface area contributed by atoms with Gasteiger partial charge in [-0.2, -0.15) is 0 Å². The standard InChI is InChI=1S/C21H21NO4/c1-15(23)20-8-5-17(22-2)13-21(20)26-19-6-3-16(4-7-19)14-25-18-9-11-24-12-10-18/h3-8,13,18H,9-12,14H2,1H3. The molecule has 2 aromatic carbocycles. The van der Waals surface area contributed by atoms with Crippen LogP contribution in [-0.2, 0) is 16.1 Å². The number of nitrogens with zero attached hydrogens (tertiary/aromatic N) is 1. The molecular weight excluding hydrogens is 330 g/mol. The molecule has 5 nitrogen and oxygen atoms in total. The molecule has 134 valence electrons. The van der Waals surface area contributed by atoms with Crippen LogP contribution in [0.25, 0.3) is 4.85 Å². The fraction of sp³-hybridized carbons (Fsp3) is 0.333. The smallest absolute Gasteiger partial charge is 0.190 e. The molecule has 1 heterocycles. The van der Waals surface area contributed by atoms with Gasteiger partial charge in [0.2, 0.25) is 0 Å². The molecule has 1 fully saturated rings. The van der Waals surface area contributed by atoms with E-state index in [0.717, 1.165) is 31.6 Å². The van der Waals surface area contributed by atoms with Gasteiger partial charge < -0.3 is 14.2 Å². The molecule has 0 bridgehead atoms. The third-order valence-electron chi connectivity index (χ3n) is 4.28. The van der Waals surface area contributed by atoms with Gasteiger partial charge in [0.15, 0.2) is 11.5 Å². The Hall–Kier alpha value is -2.68. The number of hydrogen-bond donors (Lipinski definition) is 0. The summed E-state index contributed by atoms with van der Waals surface area (Å²) in [6, 6.07) is 12.4. The Balaban J connectivity index is 1.65. The number of carbonyl (C=O) groups is 1. The Kier molecular flexibility index (Phi) is 6.00. The van der Waals surface area contributed by atoms with Crippen molar-refractivity contribution in [2.75, 3.05) is 13.2 Å². The molecule has 0 amide bonds. The van der Waals surface area contributed by atoms with Crippen LogP contribution in [0.3, 0.4) is 0 Å². The van der Waals surface area contributed by atoms with E-state index in [1.165, 1.54) is 6.92 Å². The van der Waals surface area contributed by atoms with E-state index in [9.17, 15) is 4.79 Å². The molecule has 0 aliphatic carbocycles. The molecule has 1 saturated heterocycles. The highest BCUT2D eigenvalue weighted by atomic mass is 16.5. The topological polar surface area (TPSA) is 49.1 Å². The zero-order valence-electron chi connectivity index (χ0n) is 14.7. The van der Waals surface area contributed by atoms with Crippen molar-refractivity contribution in [3.8, 4) is 11.5 Å². The van der Waals surface area contributed by atoms with E-state index >= 15 is 0 Å². The molecule has 3 rings (SSSR count). The monoisotopic (exact) mass is 351 g/mol. The van der Waals surface area contributed by atoms with E-state index in [1.54, 1.807) is 18.2 Å². The van der Waals surface area contributed by atoms with E-state index in [2.05, 4.69) is 4.85 Å². The van der Waals surface area contributed by atoms with Crippen molar-refractivity contribution in [2.24, 2.45) is 0 Å². The average Bonchev–Trinajstić information content (AvgIpc) is 2.68. The fourth-order valence-electron chi connectivity index (χ4n) is 2.79. The Morgan fingerprint density at radius 2 is 1.92 bits per heavy atom. The van der Waals surface area contributed by atoms with Crippen LogP contribution < -0.4 is 4.74 Å². The second-order valence-corrected chi connectivity index (χ2v) is 6.22. The summed E-state index contributed by atoms with van der Waals surface area (Å²) in [5.74, 6) is 0.916. The lowest BCUT2D eigenvalue weighted by atomic mass is 10.1. The summed E-state index contributed by atoms with van der Waals surface area (Å²) >= 11 is 0. The number of carbonyl (C=O) groups excluding carboxylic acids is 1. The van der Waals surface area contributed by atoms with Gasteiger partial charge in [-0.15, -0.1) is 0 Å². The predicted molar refractivity (Wildman–Crippen MR) is 97.9 cm³/mol. The summed E-state index contributed by atoms with van der Waals surface area (Å²) in [4.78, 5) is 15.2. The highest BCUT2D eigenvalue weighted by Crippen LogP contribution is 2.30. The molecule has 0 saturated carbocycles. The normalized spacial score (nSPS) is 14.6. The molecule has 2 aromatic rings. The number of ketones is 1. The van der Waals surface area contributed by atoms with Gasteiger partial charge in [-0.1, -0.05) is 24.3 Å². The van der Waals surface area contributed by atoms with Gasteiger partial charge in [0.25, 0.3) is 0 Å². The van der Waals surface area contributed by atoms with E-state index in [1.807, 2.05) is 24.3 Å². The number of benzene rings is 2. The zero-order valence-corrected chi connectivity index (χ0v) is 14.7. The van der Waals surface area contributed by atoms with E-state index < -0.39 is 0 Å². The Morgan fingerprint density at radius 3 is 2.58 bits per heavy atom. The SMILES string of the molecule is [C-]#[N+]c1ccc(C(C)=O)c(Oc2ccc(COC3CCOCC3)cc2)c1. The minimum Gasteiger partial charge on any atom is -0.458 e. The summed E-state index contributed by atoms with van der Waals surface area (Å²) in [6.45, 7) is 10.7. The molecule has 0 aromatic heterocycles. The average molecular weight is 351 g/mol. The molecule has 0 atom stereocenters. The van der Waals surface area contributed by atoms with Crippen molar-refractivity contribution < 1.29 is 19.0 Å². The Bertz CT molecular complexity index is 802.